The van der Waals surface area contributed by atoms with Gasteiger partial charge in [0.2, 0.25) is 5.88 Å². The second-order valence-electron chi connectivity index (χ2n) is 12.5. The van der Waals surface area contributed by atoms with Crippen molar-refractivity contribution in [2.75, 3.05) is 26.4 Å². The molecule has 0 amide bonds. The molecule has 1 aliphatic rings. The van der Waals surface area contributed by atoms with Crippen LogP contribution in [0.1, 0.15) is 80.3 Å². The lowest BCUT2D eigenvalue weighted by Gasteiger charge is -2.30. The number of aliphatic hydroxyl groups is 2. The number of hydrogen-bond acceptors (Lipinski definition) is 13. The summed E-state index contributed by atoms with van der Waals surface area (Å²) in [6.45, 7) is 15.8. The minimum absolute atomic E-state index is 0.00147. The summed E-state index contributed by atoms with van der Waals surface area (Å²) in [5, 5.41) is 28.3. The summed E-state index contributed by atoms with van der Waals surface area (Å²) in [5.74, 6) is -0.621. The fraction of sp³-hybridized carbons (Fsp3) is 0.767. The molecule has 7 atom stereocenters. The number of rotatable bonds is 18. The summed E-state index contributed by atoms with van der Waals surface area (Å²) in [4.78, 5) is 38.9. The van der Waals surface area contributed by atoms with Gasteiger partial charge in [-0.3, -0.25) is 18.7 Å². The third-order valence-electron chi connectivity index (χ3n) is 7.42. The molecule has 266 valence electrons. The highest BCUT2D eigenvalue weighted by Gasteiger charge is 2.54. The van der Waals surface area contributed by atoms with Crippen LogP contribution in [0.15, 0.2) is 6.33 Å². The number of nitrogens with one attached hydrogen (secondary N) is 2. The SMILES string of the molecule is CCOC(=O)[C@H](CC(C)C)NP(=O)(N[C@H](CC(C)C)C(=O)OCC)OC[C@H]1O[C@@H](n2cnc3c(OCC)nc(C)nc32)[C@@](C)(O)C1O. The first-order valence-corrected chi connectivity index (χ1v) is 17.7. The first-order chi connectivity index (χ1) is 22.1. The summed E-state index contributed by atoms with van der Waals surface area (Å²) in [5.41, 5.74) is -1.23. The van der Waals surface area contributed by atoms with E-state index in [1.165, 1.54) is 17.8 Å². The van der Waals surface area contributed by atoms with E-state index in [1.807, 2.05) is 34.6 Å². The summed E-state index contributed by atoms with van der Waals surface area (Å²) in [6, 6.07) is -2.11. The van der Waals surface area contributed by atoms with Crippen LogP contribution in [0.4, 0.5) is 0 Å². The topological polar surface area (TPSA) is 205 Å². The zero-order valence-electron chi connectivity index (χ0n) is 28.8. The van der Waals surface area contributed by atoms with Gasteiger partial charge in [0.25, 0.3) is 0 Å². The van der Waals surface area contributed by atoms with Crippen molar-refractivity contribution >= 4 is 30.8 Å². The molecule has 0 aromatic carbocycles. The second kappa shape index (κ2) is 16.6. The van der Waals surface area contributed by atoms with Gasteiger partial charge in [0.05, 0.1) is 32.8 Å². The maximum absolute atomic E-state index is 14.6. The largest absolute Gasteiger partial charge is 0.476 e. The van der Waals surface area contributed by atoms with E-state index in [-0.39, 0.29) is 43.8 Å². The van der Waals surface area contributed by atoms with Crippen molar-refractivity contribution in [1.82, 2.24) is 29.7 Å². The highest BCUT2D eigenvalue weighted by molar-refractivity contribution is 7.54. The third kappa shape index (κ3) is 9.68. The first kappa shape index (κ1) is 38.7. The number of carbonyl (C=O) groups is 2. The Bertz CT molecular complexity index is 1360. The molecular weight excluding hydrogens is 635 g/mol. The number of ether oxygens (including phenoxy) is 4. The molecule has 0 bridgehead atoms. The van der Waals surface area contributed by atoms with Gasteiger partial charge >= 0.3 is 19.6 Å². The van der Waals surface area contributed by atoms with Gasteiger partial charge in [0.1, 0.15) is 35.7 Å². The molecule has 1 saturated heterocycles. The normalized spacial score (nSPS) is 24.0. The molecule has 1 aliphatic heterocycles. The van der Waals surface area contributed by atoms with Crippen LogP contribution in [0.25, 0.3) is 11.2 Å². The predicted octanol–water partition coefficient (Wildman–Crippen LogP) is 2.80. The molecular formula is C30H51N6O10P. The average Bonchev–Trinajstić information content (AvgIpc) is 3.48. The van der Waals surface area contributed by atoms with Gasteiger partial charge in [0, 0.05) is 0 Å². The summed E-state index contributed by atoms with van der Waals surface area (Å²) in [7, 11) is -4.29. The van der Waals surface area contributed by atoms with Crippen molar-refractivity contribution in [3.8, 4) is 5.88 Å². The standard InChI is InChI=1S/C30H51N6O10P/c1-10-42-26-23-25(32-19(8)33-26)36(16-31-23)29-30(9,40)24(37)22(46-29)15-45-47(41,34-20(13-17(4)5)27(38)43-11-2)35-21(14-18(6)7)28(39)44-12-3/h16-18,20-22,24,29,37,40H,10-15H2,1-9H3,(H2,34,35,41)/t20-,21+,22-,24?,29-,30+,47?/m1/s1. The molecule has 0 saturated carbocycles. The van der Waals surface area contributed by atoms with Crippen molar-refractivity contribution in [1.29, 1.82) is 0 Å². The number of imidazole rings is 1. The molecule has 3 heterocycles. The Morgan fingerprint density at radius 1 is 1.02 bits per heavy atom. The summed E-state index contributed by atoms with van der Waals surface area (Å²) < 4.78 is 44.1. The van der Waals surface area contributed by atoms with E-state index in [1.54, 1.807) is 20.8 Å². The number of aliphatic hydroxyl groups excluding tert-OH is 1. The van der Waals surface area contributed by atoms with Gasteiger partial charge < -0.3 is 33.7 Å². The van der Waals surface area contributed by atoms with E-state index in [0.29, 0.717) is 23.6 Å². The van der Waals surface area contributed by atoms with Gasteiger partial charge in [-0.25, -0.2) is 20.1 Å². The lowest BCUT2D eigenvalue weighted by molar-refractivity contribution is -0.146. The number of nitrogens with zero attached hydrogens (tertiary/aromatic N) is 4. The molecule has 2 unspecified atom stereocenters. The van der Waals surface area contributed by atoms with E-state index in [2.05, 4.69) is 25.1 Å². The summed E-state index contributed by atoms with van der Waals surface area (Å²) in [6.07, 6.45) is -2.03. The van der Waals surface area contributed by atoms with E-state index in [4.69, 9.17) is 23.5 Å². The van der Waals surface area contributed by atoms with Gasteiger partial charge in [-0.05, 0) is 59.3 Å². The van der Waals surface area contributed by atoms with Crippen molar-refractivity contribution in [3.63, 3.8) is 0 Å². The molecule has 4 N–H and O–H groups in total. The van der Waals surface area contributed by atoms with Crippen LogP contribution in [0.2, 0.25) is 0 Å². The molecule has 16 nitrogen and oxygen atoms in total. The fourth-order valence-corrected chi connectivity index (χ4v) is 7.14. The maximum atomic E-state index is 14.6. The molecule has 2 aromatic rings. The number of hydrogen-bond donors (Lipinski definition) is 4. The smallest absolute Gasteiger partial charge is 0.342 e. The molecule has 17 heteroatoms. The van der Waals surface area contributed by atoms with Crippen molar-refractivity contribution < 1.29 is 47.8 Å². The minimum atomic E-state index is -4.29. The number of carbonyl (C=O) groups excluding carboxylic acids is 2. The Hall–Kier alpha value is -2.72. The van der Waals surface area contributed by atoms with Crippen LogP contribution in [0.3, 0.4) is 0 Å². The Morgan fingerprint density at radius 2 is 1.57 bits per heavy atom. The molecule has 0 aliphatic carbocycles. The lowest BCUT2D eigenvalue weighted by atomic mass is 9.96. The predicted molar refractivity (Wildman–Crippen MR) is 171 cm³/mol. The van der Waals surface area contributed by atoms with Crippen LogP contribution in [-0.4, -0.2) is 98.0 Å². The van der Waals surface area contributed by atoms with E-state index in [0.717, 1.165) is 0 Å². The van der Waals surface area contributed by atoms with Gasteiger partial charge in [-0.1, -0.05) is 27.7 Å². The van der Waals surface area contributed by atoms with Crippen molar-refractivity contribution in [3.05, 3.63) is 12.2 Å². The Labute approximate surface area is 275 Å². The first-order valence-electron chi connectivity index (χ1n) is 16.1. The van der Waals surface area contributed by atoms with Crippen molar-refractivity contribution in [2.24, 2.45) is 11.8 Å². The quantitative estimate of drug-likeness (QED) is 0.131. The zero-order valence-corrected chi connectivity index (χ0v) is 29.7. The van der Waals surface area contributed by atoms with Crippen LogP contribution < -0.4 is 14.9 Å². The molecule has 0 spiro atoms. The molecule has 47 heavy (non-hydrogen) atoms. The van der Waals surface area contributed by atoms with Gasteiger partial charge in [0.15, 0.2) is 17.4 Å². The van der Waals surface area contributed by atoms with Gasteiger partial charge in [-0.2, -0.15) is 4.98 Å². The number of fused-ring (bicyclic) bond motifs is 1. The minimum Gasteiger partial charge on any atom is -0.476 e. The lowest BCUT2D eigenvalue weighted by Crippen LogP contribution is -2.47. The molecule has 2 aromatic heterocycles. The van der Waals surface area contributed by atoms with Crippen LogP contribution in [0.5, 0.6) is 5.88 Å². The molecule has 1 fully saturated rings. The van der Waals surface area contributed by atoms with Crippen LogP contribution in [0, 0.1) is 18.8 Å². The second-order valence-corrected chi connectivity index (χ2v) is 14.4. The van der Waals surface area contributed by atoms with E-state index in [9.17, 15) is 24.4 Å². The van der Waals surface area contributed by atoms with E-state index >= 15 is 0 Å². The molecule has 3 rings (SSSR count). The van der Waals surface area contributed by atoms with E-state index < -0.39 is 62.3 Å². The maximum Gasteiger partial charge on any atom is 0.342 e. The summed E-state index contributed by atoms with van der Waals surface area (Å²) >= 11 is 0. The van der Waals surface area contributed by atoms with Crippen molar-refractivity contribution in [2.45, 2.75) is 111 Å². The average molecular weight is 687 g/mol. The Kier molecular flexibility index (Phi) is 13.7. The zero-order chi connectivity index (χ0) is 35.1. The van der Waals surface area contributed by atoms with Crippen LogP contribution >= 0.6 is 7.67 Å². The fourth-order valence-electron chi connectivity index (χ4n) is 5.31. The Balaban J connectivity index is 1.94. The monoisotopic (exact) mass is 686 g/mol. The molecule has 0 radical (unpaired) electrons. The Morgan fingerprint density at radius 3 is 2.06 bits per heavy atom. The number of aryl methyl sites for hydroxylation is 1. The highest BCUT2D eigenvalue weighted by Crippen LogP contribution is 2.45. The number of esters is 2. The number of aromatic nitrogens is 4. The van der Waals surface area contributed by atoms with Gasteiger partial charge in [-0.15, -0.1) is 0 Å². The van der Waals surface area contributed by atoms with Crippen LogP contribution in [-0.2, 0) is 32.9 Å². The third-order valence-corrected chi connectivity index (χ3v) is 9.23. The highest BCUT2D eigenvalue weighted by atomic mass is 31.2.